The lowest BCUT2D eigenvalue weighted by Gasteiger charge is -2.39. The number of benzene rings is 8. The normalized spacial score (nSPS) is 17.4. The van der Waals surface area contributed by atoms with Crippen molar-refractivity contribution in [3.63, 3.8) is 0 Å². The van der Waals surface area contributed by atoms with Gasteiger partial charge in [0.25, 0.3) is 0 Å². The standard InChI is InChI=1S/C51H36N4O2/c1-3-14-31(15-4-1)49-52-50(32-16-5-2-6-17-32)54-51(53-49)33-28-29-36-38-21-11-22-39(47(38)57-45(36)30-33)37-20-13-27-44-46(37)40-23-12-26-43(48(40)56-44)55-41-24-9-7-18-34(41)35-19-8-10-25-42(35)55/h1-30,49-54H. The van der Waals surface area contributed by atoms with Crippen LogP contribution >= 0.6 is 0 Å². The van der Waals surface area contributed by atoms with Crippen LogP contribution in [-0.4, -0.2) is 4.57 Å². The first-order valence-electron chi connectivity index (χ1n) is 19.5. The van der Waals surface area contributed by atoms with Crippen LogP contribution in [0.25, 0.3) is 82.5 Å². The number of para-hydroxylation sites is 4. The van der Waals surface area contributed by atoms with E-state index in [0.29, 0.717) is 0 Å². The van der Waals surface area contributed by atoms with Crippen molar-refractivity contribution in [3.8, 4) is 16.8 Å². The SMILES string of the molecule is c1ccc(C2NC(c3ccccc3)NC(c3ccc4c(c3)oc3c(-c5cccc6oc7c(-n8c9ccccc9c9ccccc98)cccc7c56)cccc34)N2)cc1. The highest BCUT2D eigenvalue weighted by molar-refractivity contribution is 6.19. The molecule has 57 heavy (non-hydrogen) atoms. The van der Waals surface area contributed by atoms with Crippen LogP contribution in [0.1, 0.15) is 35.2 Å². The minimum atomic E-state index is -0.131. The number of nitrogens with zero attached hydrogens (tertiary/aromatic N) is 1. The fraction of sp³-hybridized carbons (Fsp3) is 0.0588. The number of furan rings is 2. The Bertz CT molecular complexity index is 3210. The highest BCUT2D eigenvalue weighted by atomic mass is 16.3. The molecular formula is C51H36N4O2. The Kier molecular flexibility index (Phi) is 7.25. The van der Waals surface area contributed by atoms with E-state index in [1.54, 1.807) is 0 Å². The third kappa shape index (κ3) is 5.09. The fourth-order valence-electron chi connectivity index (χ4n) is 9.13. The molecule has 8 aromatic carbocycles. The van der Waals surface area contributed by atoms with E-state index in [1.165, 1.54) is 21.9 Å². The molecule has 0 spiro atoms. The summed E-state index contributed by atoms with van der Waals surface area (Å²) in [6.07, 6.45) is -0.240. The quantitative estimate of drug-likeness (QED) is 0.164. The van der Waals surface area contributed by atoms with E-state index in [9.17, 15) is 0 Å². The average Bonchev–Trinajstić information content (AvgIpc) is 3.96. The van der Waals surface area contributed by atoms with Crippen molar-refractivity contribution in [2.24, 2.45) is 0 Å². The molecule has 1 saturated heterocycles. The van der Waals surface area contributed by atoms with Crippen LogP contribution in [0.4, 0.5) is 0 Å². The Balaban J connectivity index is 0.987. The molecule has 6 nitrogen and oxygen atoms in total. The molecule has 4 heterocycles. The fourth-order valence-corrected chi connectivity index (χ4v) is 9.13. The van der Waals surface area contributed by atoms with Gasteiger partial charge in [-0.25, -0.2) is 0 Å². The monoisotopic (exact) mass is 736 g/mol. The number of hydrogen-bond acceptors (Lipinski definition) is 5. The van der Waals surface area contributed by atoms with Gasteiger partial charge in [-0.1, -0.05) is 152 Å². The molecule has 0 radical (unpaired) electrons. The summed E-state index contributed by atoms with van der Waals surface area (Å²) in [5.74, 6) is 0. The maximum atomic E-state index is 6.90. The van der Waals surface area contributed by atoms with Crippen LogP contribution in [0, 0.1) is 0 Å². The average molecular weight is 737 g/mol. The number of rotatable bonds is 5. The van der Waals surface area contributed by atoms with Crippen LogP contribution in [0.15, 0.2) is 191 Å². The minimum absolute atomic E-state index is 0.0543. The number of hydrogen-bond donors (Lipinski definition) is 3. The smallest absolute Gasteiger partial charge is 0.159 e. The zero-order valence-corrected chi connectivity index (χ0v) is 30.8. The molecule has 6 heteroatoms. The molecule has 0 aliphatic carbocycles. The van der Waals surface area contributed by atoms with Gasteiger partial charge in [-0.05, 0) is 52.6 Å². The Hall–Kier alpha value is -6.96. The van der Waals surface area contributed by atoms with E-state index >= 15 is 0 Å². The van der Waals surface area contributed by atoms with Gasteiger partial charge in [-0.3, -0.25) is 16.0 Å². The summed E-state index contributed by atoms with van der Waals surface area (Å²) in [4.78, 5) is 0. The van der Waals surface area contributed by atoms with Crippen molar-refractivity contribution in [1.29, 1.82) is 0 Å². The van der Waals surface area contributed by atoms with Crippen LogP contribution in [-0.2, 0) is 0 Å². The number of nitrogens with one attached hydrogen (secondary N) is 3. The molecule has 1 aliphatic heterocycles. The first-order valence-corrected chi connectivity index (χ1v) is 19.5. The van der Waals surface area contributed by atoms with Crippen molar-refractivity contribution in [2.45, 2.75) is 18.5 Å². The lowest BCUT2D eigenvalue weighted by atomic mass is 9.97. The van der Waals surface area contributed by atoms with Crippen LogP contribution in [0.5, 0.6) is 0 Å². The molecule has 2 atom stereocenters. The van der Waals surface area contributed by atoms with E-state index in [1.807, 2.05) is 0 Å². The van der Waals surface area contributed by atoms with Crippen molar-refractivity contribution >= 4 is 65.7 Å². The molecule has 3 N–H and O–H groups in total. The highest BCUT2D eigenvalue weighted by Crippen LogP contribution is 2.44. The van der Waals surface area contributed by atoms with Crippen molar-refractivity contribution in [1.82, 2.24) is 20.5 Å². The summed E-state index contributed by atoms with van der Waals surface area (Å²) in [5, 5.41) is 18.2. The van der Waals surface area contributed by atoms with Gasteiger partial charge in [0, 0.05) is 37.9 Å². The number of fused-ring (bicyclic) bond motifs is 9. The molecule has 0 bridgehead atoms. The minimum Gasteiger partial charge on any atom is -0.455 e. The molecule has 11 aromatic rings. The van der Waals surface area contributed by atoms with Gasteiger partial charge >= 0.3 is 0 Å². The summed E-state index contributed by atoms with van der Waals surface area (Å²) >= 11 is 0. The summed E-state index contributed by atoms with van der Waals surface area (Å²) < 4.78 is 16.1. The zero-order chi connectivity index (χ0) is 37.5. The second kappa shape index (κ2) is 12.8. The Morgan fingerprint density at radius 2 is 0.912 bits per heavy atom. The first-order chi connectivity index (χ1) is 28.3. The molecule has 0 amide bonds. The first kappa shape index (κ1) is 32.3. The van der Waals surface area contributed by atoms with E-state index in [4.69, 9.17) is 8.83 Å². The molecule has 2 unspecified atom stereocenters. The van der Waals surface area contributed by atoms with E-state index in [-0.39, 0.29) is 18.5 Å². The summed E-state index contributed by atoms with van der Waals surface area (Å²) in [6.45, 7) is 0. The molecule has 12 rings (SSSR count). The maximum absolute atomic E-state index is 6.90. The molecule has 0 saturated carbocycles. The van der Waals surface area contributed by atoms with Crippen molar-refractivity contribution < 1.29 is 8.83 Å². The van der Waals surface area contributed by atoms with Gasteiger partial charge in [-0.2, -0.15) is 0 Å². The molecule has 272 valence electrons. The van der Waals surface area contributed by atoms with Crippen LogP contribution < -0.4 is 16.0 Å². The number of aromatic nitrogens is 1. The van der Waals surface area contributed by atoms with Gasteiger partial charge in [-0.15, -0.1) is 0 Å². The highest BCUT2D eigenvalue weighted by Gasteiger charge is 2.30. The van der Waals surface area contributed by atoms with E-state index in [2.05, 4.69) is 203 Å². The second-order valence-electron chi connectivity index (χ2n) is 15.0. The predicted octanol–water partition coefficient (Wildman–Crippen LogP) is 12.4. The van der Waals surface area contributed by atoms with E-state index in [0.717, 1.165) is 77.3 Å². The molecule has 1 fully saturated rings. The van der Waals surface area contributed by atoms with Crippen molar-refractivity contribution in [2.75, 3.05) is 0 Å². The summed E-state index contributed by atoms with van der Waals surface area (Å²) in [5.41, 5.74) is 12.3. The molecular weight excluding hydrogens is 701 g/mol. The van der Waals surface area contributed by atoms with Gasteiger partial charge in [0.1, 0.15) is 16.7 Å². The Morgan fingerprint density at radius 1 is 0.368 bits per heavy atom. The molecule has 3 aromatic heterocycles. The largest absolute Gasteiger partial charge is 0.455 e. The van der Waals surface area contributed by atoms with E-state index < -0.39 is 0 Å². The zero-order valence-electron chi connectivity index (χ0n) is 30.8. The summed E-state index contributed by atoms with van der Waals surface area (Å²) in [6, 6.07) is 64.2. The predicted molar refractivity (Wildman–Crippen MR) is 231 cm³/mol. The molecule has 1 aliphatic rings. The summed E-state index contributed by atoms with van der Waals surface area (Å²) in [7, 11) is 0. The Morgan fingerprint density at radius 3 is 1.61 bits per heavy atom. The van der Waals surface area contributed by atoms with Crippen LogP contribution in [0.3, 0.4) is 0 Å². The van der Waals surface area contributed by atoms with Gasteiger partial charge < -0.3 is 13.4 Å². The lowest BCUT2D eigenvalue weighted by molar-refractivity contribution is 0.203. The third-order valence-electron chi connectivity index (χ3n) is 11.7. The Labute approximate surface area is 327 Å². The lowest BCUT2D eigenvalue weighted by Crippen LogP contribution is -2.54. The van der Waals surface area contributed by atoms with Gasteiger partial charge in [0.2, 0.25) is 0 Å². The van der Waals surface area contributed by atoms with Gasteiger partial charge in [0.05, 0.1) is 35.2 Å². The van der Waals surface area contributed by atoms with Gasteiger partial charge in [0.15, 0.2) is 5.58 Å². The van der Waals surface area contributed by atoms with Crippen LogP contribution in [0.2, 0.25) is 0 Å². The maximum Gasteiger partial charge on any atom is 0.159 e. The van der Waals surface area contributed by atoms with Crippen molar-refractivity contribution in [3.05, 3.63) is 199 Å². The second-order valence-corrected chi connectivity index (χ2v) is 15.0. The third-order valence-corrected chi connectivity index (χ3v) is 11.7. The topological polar surface area (TPSA) is 67.3 Å².